The van der Waals surface area contributed by atoms with Crippen molar-refractivity contribution >= 4 is 45.5 Å². The number of benzene rings is 2. The number of carbonyl (C=O) groups is 1. The molecule has 0 aromatic heterocycles. The Morgan fingerprint density at radius 2 is 1.68 bits per heavy atom. The van der Waals surface area contributed by atoms with Crippen LogP contribution < -0.4 is 4.74 Å². The third-order valence-corrected chi connectivity index (χ3v) is 3.76. The molecule has 2 N–H and O–H groups in total. The summed E-state index contributed by atoms with van der Waals surface area (Å²) in [6.45, 7) is 0. The summed E-state index contributed by atoms with van der Waals surface area (Å²) in [5.74, 6) is -1.66. The first-order valence-corrected chi connectivity index (χ1v) is 7.27. The van der Waals surface area contributed by atoms with Gasteiger partial charge in [-0.15, -0.1) is 0 Å². The topological polar surface area (TPSA) is 101 Å². The second kappa shape index (κ2) is 7.26. The fourth-order valence-electron chi connectivity index (χ4n) is 1.89. The number of ether oxygens (including phenoxy) is 1. The third kappa shape index (κ3) is 3.68. The Hall–Kier alpha value is -1.38. The molecule has 0 saturated heterocycles. The van der Waals surface area contributed by atoms with E-state index in [4.69, 9.17) is 4.74 Å². The van der Waals surface area contributed by atoms with Crippen molar-refractivity contribution in [1.29, 1.82) is 0 Å². The Labute approximate surface area is 149 Å². The molecule has 0 aliphatic carbocycles. The summed E-state index contributed by atoms with van der Waals surface area (Å²) in [6, 6.07) is 10.5. The van der Waals surface area contributed by atoms with Crippen molar-refractivity contribution in [1.82, 2.24) is 0 Å². The van der Waals surface area contributed by atoms with E-state index in [-0.39, 0.29) is 46.4 Å². The van der Waals surface area contributed by atoms with Crippen LogP contribution in [0.25, 0.3) is 0 Å². The molecule has 2 rings (SSSR count). The van der Waals surface area contributed by atoms with Crippen LogP contribution >= 0.6 is 0 Å². The van der Waals surface area contributed by atoms with Gasteiger partial charge in [-0.1, -0.05) is 30.3 Å². The van der Waals surface area contributed by atoms with E-state index in [0.29, 0.717) is 0 Å². The molecule has 22 heavy (non-hydrogen) atoms. The fraction of sp³-hybridized carbons (Fsp3) is 0.0714. The van der Waals surface area contributed by atoms with Crippen LogP contribution in [-0.2, 0) is 10.1 Å². The average molecular weight is 332 g/mol. The Bertz CT molecular complexity index is 786. The zero-order valence-corrected chi connectivity index (χ0v) is 11.8. The zero-order chi connectivity index (χ0) is 15.6. The van der Waals surface area contributed by atoms with Gasteiger partial charge in [-0.05, 0) is 12.1 Å². The van der Waals surface area contributed by atoms with Crippen LogP contribution in [-0.4, -0.2) is 60.5 Å². The number of methoxy groups -OCH3 is 1. The van der Waals surface area contributed by atoms with Gasteiger partial charge in [-0.2, -0.15) is 8.42 Å². The van der Waals surface area contributed by atoms with Gasteiger partial charge in [0.1, 0.15) is 5.75 Å². The van der Waals surface area contributed by atoms with Crippen molar-refractivity contribution in [3.8, 4) is 11.5 Å². The molecule has 112 valence electrons. The van der Waals surface area contributed by atoms with E-state index in [1.54, 1.807) is 18.2 Å². The van der Waals surface area contributed by atoms with Crippen molar-refractivity contribution in [2.45, 2.75) is 4.90 Å². The Morgan fingerprint density at radius 1 is 1.09 bits per heavy atom. The van der Waals surface area contributed by atoms with E-state index >= 15 is 0 Å². The molecule has 2 aromatic carbocycles. The summed E-state index contributed by atoms with van der Waals surface area (Å²) in [5.41, 5.74) is 0.0360. The Balaban J connectivity index is 0.00000242. The van der Waals surface area contributed by atoms with E-state index in [2.05, 4.69) is 0 Å². The number of hydrogen-bond donors (Lipinski definition) is 2. The molecular formula is C14H13NaO6S. The van der Waals surface area contributed by atoms with Crippen molar-refractivity contribution in [2.75, 3.05) is 7.11 Å². The second-order valence-corrected chi connectivity index (χ2v) is 5.52. The second-order valence-electron chi connectivity index (χ2n) is 4.16. The first-order valence-electron chi connectivity index (χ1n) is 5.83. The Morgan fingerprint density at radius 3 is 2.18 bits per heavy atom. The van der Waals surface area contributed by atoms with Crippen LogP contribution in [0.4, 0.5) is 0 Å². The first-order chi connectivity index (χ1) is 9.86. The minimum atomic E-state index is -4.74. The number of rotatable bonds is 4. The number of phenols is 1. The molecule has 2 aromatic rings. The van der Waals surface area contributed by atoms with Crippen LogP contribution in [0.1, 0.15) is 15.9 Å². The van der Waals surface area contributed by atoms with Gasteiger partial charge in [0.15, 0.2) is 16.4 Å². The SMILES string of the molecule is COc1ccc(C(=O)c2ccccc2)c(O)c1S(=O)(=O)O.[NaH]. The molecule has 0 spiro atoms. The van der Waals surface area contributed by atoms with Gasteiger partial charge in [-0.25, -0.2) is 0 Å². The maximum absolute atomic E-state index is 12.3. The maximum atomic E-state index is 12.3. The van der Waals surface area contributed by atoms with Gasteiger partial charge in [0, 0.05) is 5.56 Å². The van der Waals surface area contributed by atoms with Crippen molar-refractivity contribution in [3.05, 3.63) is 53.6 Å². The van der Waals surface area contributed by atoms with Gasteiger partial charge in [0.05, 0.1) is 12.7 Å². The molecular weight excluding hydrogens is 319 g/mol. The molecule has 0 heterocycles. The zero-order valence-electron chi connectivity index (χ0n) is 11.0. The number of carbonyl (C=O) groups excluding carboxylic acids is 1. The molecule has 0 radical (unpaired) electrons. The van der Waals surface area contributed by atoms with Crippen LogP contribution in [0, 0.1) is 0 Å². The summed E-state index contributed by atoms with van der Waals surface area (Å²) < 4.78 is 36.7. The average Bonchev–Trinajstić information content (AvgIpc) is 2.45. The first kappa shape index (κ1) is 18.7. The number of aromatic hydroxyl groups is 1. The summed E-state index contributed by atoms with van der Waals surface area (Å²) in [6.07, 6.45) is 0. The standard InChI is InChI=1S/C14H12O6S.Na.H/c1-20-11-8-7-10(13(16)14(11)21(17,18)19)12(15)9-5-3-2-4-6-9;;/h2-8,16H,1H3,(H,17,18,19);;. The van der Waals surface area contributed by atoms with Crippen LogP contribution in [0.2, 0.25) is 0 Å². The molecule has 0 aliphatic heterocycles. The number of hydrogen-bond acceptors (Lipinski definition) is 5. The molecule has 0 unspecified atom stereocenters. The molecule has 0 saturated carbocycles. The quantitative estimate of drug-likeness (QED) is 0.496. The summed E-state index contributed by atoms with van der Waals surface area (Å²) in [7, 11) is -3.56. The summed E-state index contributed by atoms with van der Waals surface area (Å²) in [4.78, 5) is 11.4. The van der Waals surface area contributed by atoms with Crippen LogP contribution in [0.5, 0.6) is 11.5 Å². The predicted octanol–water partition coefficient (Wildman–Crippen LogP) is 1.23. The normalized spacial score (nSPS) is 10.6. The molecule has 6 nitrogen and oxygen atoms in total. The van der Waals surface area contributed by atoms with Gasteiger partial charge in [0.25, 0.3) is 0 Å². The van der Waals surface area contributed by atoms with E-state index < -0.39 is 26.5 Å². The van der Waals surface area contributed by atoms with E-state index in [1.807, 2.05) is 0 Å². The van der Waals surface area contributed by atoms with Crippen molar-refractivity contribution in [3.63, 3.8) is 0 Å². The van der Waals surface area contributed by atoms with Crippen LogP contribution in [0.15, 0.2) is 47.4 Å². The van der Waals surface area contributed by atoms with E-state index in [9.17, 15) is 22.9 Å². The van der Waals surface area contributed by atoms with Crippen molar-refractivity contribution in [2.24, 2.45) is 0 Å². The minimum absolute atomic E-state index is 0. The van der Waals surface area contributed by atoms with Gasteiger partial charge in [-0.3, -0.25) is 9.35 Å². The monoisotopic (exact) mass is 332 g/mol. The third-order valence-electron chi connectivity index (χ3n) is 2.85. The molecule has 0 fully saturated rings. The summed E-state index contributed by atoms with van der Waals surface area (Å²) >= 11 is 0. The van der Waals surface area contributed by atoms with Crippen molar-refractivity contribution < 1.29 is 27.6 Å². The molecule has 0 amide bonds. The fourth-order valence-corrected chi connectivity index (χ4v) is 2.65. The van der Waals surface area contributed by atoms with Gasteiger partial charge < -0.3 is 9.84 Å². The van der Waals surface area contributed by atoms with Gasteiger partial charge in [0.2, 0.25) is 0 Å². The number of ketones is 1. The van der Waals surface area contributed by atoms with Gasteiger partial charge >= 0.3 is 39.7 Å². The van der Waals surface area contributed by atoms with E-state index in [0.717, 1.165) is 0 Å². The molecule has 0 bridgehead atoms. The predicted molar refractivity (Wildman–Crippen MR) is 81.5 cm³/mol. The molecule has 0 aliphatic rings. The Kier molecular flexibility index (Phi) is 6.16. The van der Waals surface area contributed by atoms with Crippen LogP contribution in [0.3, 0.4) is 0 Å². The molecule has 0 atom stereocenters. The summed E-state index contributed by atoms with van der Waals surface area (Å²) in [5, 5.41) is 10.0. The molecule has 8 heteroatoms. The number of phenolic OH excluding ortho intramolecular Hbond substituents is 1. The van der Waals surface area contributed by atoms with E-state index in [1.165, 1.54) is 31.4 Å².